The second kappa shape index (κ2) is 9.00. The molecule has 1 amide bonds. The van der Waals surface area contributed by atoms with Crippen molar-refractivity contribution in [3.05, 3.63) is 58.6 Å². The number of rotatable bonds is 6. The number of benzene rings is 2. The third-order valence-corrected chi connectivity index (χ3v) is 5.42. The average molecular weight is 485 g/mol. The number of nitrogens with zero attached hydrogens (tertiary/aromatic N) is 3. The van der Waals surface area contributed by atoms with E-state index in [0.717, 1.165) is 23.4 Å². The summed E-state index contributed by atoms with van der Waals surface area (Å²) in [5, 5.41) is 11.2. The molecule has 0 aliphatic heterocycles. The largest absolute Gasteiger partial charge is 0.418 e. The number of hydrogen-bond donors (Lipinski definition) is 1. The van der Waals surface area contributed by atoms with E-state index in [-0.39, 0.29) is 15.9 Å². The van der Waals surface area contributed by atoms with Gasteiger partial charge in [0.1, 0.15) is 0 Å². The molecule has 0 unspecified atom stereocenters. The number of halogens is 4. The zero-order chi connectivity index (χ0) is 21.0. The summed E-state index contributed by atoms with van der Waals surface area (Å²) in [7, 11) is 0. The number of amides is 1. The molecule has 0 atom stereocenters. The topological polar surface area (TPSA) is 59.8 Å². The lowest BCUT2D eigenvalue weighted by atomic mass is 10.1. The first-order valence-corrected chi connectivity index (χ1v) is 10.4. The van der Waals surface area contributed by atoms with Crippen LogP contribution in [0.4, 0.5) is 18.9 Å². The number of carbonyl (C=O) groups excluding carboxylic acids is 1. The van der Waals surface area contributed by atoms with Crippen LogP contribution in [-0.4, -0.2) is 26.4 Å². The molecule has 0 bridgehead atoms. The van der Waals surface area contributed by atoms with E-state index in [1.807, 2.05) is 41.8 Å². The Morgan fingerprint density at radius 1 is 1.17 bits per heavy atom. The second-order valence-corrected chi connectivity index (χ2v) is 7.80. The quantitative estimate of drug-likeness (QED) is 0.470. The van der Waals surface area contributed by atoms with Gasteiger partial charge < -0.3 is 9.88 Å². The lowest BCUT2D eigenvalue weighted by molar-refractivity contribution is -0.137. The molecule has 29 heavy (non-hydrogen) atoms. The van der Waals surface area contributed by atoms with Gasteiger partial charge in [-0.1, -0.05) is 58.0 Å². The maximum Gasteiger partial charge on any atom is 0.418 e. The fraction of sp³-hybridized carbons (Fsp3) is 0.211. The zero-order valence-electron chi connectivity index (χ0n) is 15.2. The van der Waals surface area contributed by atoms with Crippen LogP contribution in [0.25, 0.3) is 11.4 Å². The first-order chi connectivity index (χ1) is 13.8. The molecule has 5 nitrogen and oxygen atoms in total. The number of thioether (sulfide) groups is 1. The smallest absolute Gasteiger partial charge is 0.325 e. The van der Waals surface area contributed by atoms with Crippen molar-refractivity contribution in [3.8, 4) is 11.4 Å². The number of anilines is 1. The van der Waals surface area contributed by atoms with Crippen LogP contribution < -0.4 is 5.32 Å². The van der Waals surface area contributed by atoms with E-state index in [0.29, 0.717) is 17.5 Å². The molecule has 1 N–H and O–H groups in total. The van der Waals surface area contributed by atoms with Crippen molar-refractivity contribution in [1.82, 2.24) is 14.8 Å². The maximum atomic E-state index is 13.2. The summed E-state index contributed by atoms with van der Waals surface area (Å²) >= 11 is 4.14. The van der Waals surface area contributed by atoms with Crippen LogP contribution >= 0.6 is 27.7 Å². The predicted molar refractivity (Wildman–Crippen MR) is 110 cm³/mol. The highest BCUT2D eigenvalue weighted by Gasteiger charge is 2.34. The normalized spacial score (nSPS) is 11.5. The Morgan fingerprint density at radius 3 is 2.55 bits per heavy atom. The van der Waals surface area contributed by atoms with Crippen molar-refractivity contribution in [3.63, 3.8) is 0 Å². The molecule has 1 aromatic heterocycles. The summed E-state index contributed by atoms with van der Waals surface area (Å²) in [5.74, 6) is 0.0123. The SMILES string of the molecule is CCn1c(SCC(=O)Nc2ccc(Br)cc2C(F)(F)F)nnc1-c1ccccc1. The summed E-state index contributed by atoms with van der Waals surface area (Å²) in [4.78, 5) is 12.3. The van der Waals surface area contributed by atoms with E-state index in [4.69, 9.17) is 0 Å². The minimum Gasteiger partial charge on any atom is -0.325 e. The lowest BCUT2D eigenvalue weighted by Gasteiger charge is -2.14. The minimum atomic E-state index is -4.58. The minimum absolute atomic E-state index is 0.0969. The van der Waals surface area contributed by atoms with Crippen LogP contribution in [0.2, 0.25) is 0 Å². The summed E-state index contributed by atoms with van der Waals surface area (Å²) in [6.45, 7) is 2.52. The number of carbonyl (C=O) groups is 1. The van der Waals surface area contributed by atoms with Gasteiger partial charge in [0.05, 0.1) is 17.0 Å². The van der Waals surface area contributed by atoms with Gasteiger partial charge in [-0.15, -0.1) is 10.2 Å². The highest BCUT2D eigenvalue weighted by Crippen LogP contribution is 2.36. The van der Waals surface area contributed by atoms with Gasteiger partial charge >= 0.3 is 6.18 Å². The Balaban J connectivity index is 1.72. The molecule has 0 fully saturated rings. The Morgan fingerprint density at radius 2 is 1.90 bits per heavy atom. The van der Waals surface area contributed by atoms with Crippen molar-refractivity contribution in [2.24, 2.45) is 0 Å². The molecule has 3 aromatic rings. The Hall–Kier alpha value is -2.33. The fourth-order valence-corrected chi connectivity index (χ4v) is 3.82. The second-order valence-electron chi connectivity index (χ2n) is 5.94. The molecule has 0 aliphatic rings. The van der Waals surface area contributed by atoms with Crippen LogP contribution in [0.15, 0.2) is 58.2 Å². The molecule has 3 rings (SSSR count). The van der Waals surface area contributed by atoms with Crippen LogP contribution in [-0.2, 0) is 17.5 Å². The van der Waals surface area contributed by atoms with Gasteiger partial charge in [-0.05, 0) is 25.1 Å². The highest BCUT2D eigenvalue weighted by atomic mass is 79.9. The Bertz CT molecular complexity index is 1010. The van der Waals surface area contributed by atoms with Gasteiger partial charge in [0.2, 0.25) is 5.91 Å². The van der Waals surface area contributed by atoms with Gasteiger partial charge in [0, 0.05) is 16.6 Å². The first-order valence-electron chi connectivity index (χ1n) is 8.57. The van der Waals surface area contributed by atoms with Crippen LogP contribution in [0.5, 0.6) is 0 Å². The highest BCUT2D eigenvalue weighted by molar-refractivity contribution is 9.10. The maximum absolute atomic E-state index is 13.2. The molecule has 0 saturated heterocycles. The molecule has 0 spiro atoms. The van der Waals surface area contributed by atoms with E-state index in [2.05, 4.69) is 31.4 Å². The molecule has 2 aromatic carbocycles. The summed E-state index contributed by atoms with van der Waals surface area (Å²) in [5.41, 5.74) is -0.302. The molecule has 0 aliphatic carbocycles. The van der Waals surface area contributed by atoms with Gasteiger partial charge in [0.15, 0.2) is 11.0 Å². The number of nitrogens with one attached hydrogen (secondary N) is 1. The van der Waals surface area contributed by atoms with E-state index >= 15 is 0 Å². The monoisotopic (exact) mass is 484 g/mol. The first kappa shape index (κ1) is 21.4. The Kier molecular flexibility index (Phi) is 6.63. The van der Waals surface area contributed by atoms with Gasteiger partial charge in [-0.25, -0.2) is 0 Å². The standard InChI is InChI=1S/C19H16BrF3N4OS/c1-2-27-17(12-6-4-3-5-7-12)25-26-18(27)29-11-16(28)24-15-9-8-13(20)10-14(15)19(21,22)23/h3-10H,2,11H2,1H3,(H,24,28). The molecule has 0 radical (unpaired) electrons. The third kappa shape index (κ3) is 5.18. The summed E-state index contributed by atoms with van der Waals surface area (Å²) < 4.78 is 41.7. The van der Waals surface area contributed by atoms with Crippen LogP contribution in [0.3, 0.4) is 0 Å². The molecular formula is C19H16BrF3N4OS. The predicted octanol–water partition coefficient (Wildman–Crippen LogP) is 5.48. The van der Waals surface area contributed by atoms with Crippen molar-refractivity contribution >= 4 is 39.3 Å². The Labute approximate surface area is 177 Å². The third-order valence-electron chi connectivity index (χ3n) is 3.96. The van der Waals surface area contributed by atoms with Crippen molar-refractivity contribution in [2.45, 2.75) is 24.8 Å². The zero-order valence-corrected chi connectivity index (χ0v) is 17.6. The molecular weight excluding hydrogens is 469 g/mol. The summed E-state index contributed by atoms with van der Waals surface area (Å²) in [6, 6.07) is 13.1. The number of alkyl halides is 3. The molecule has 1 heterocycles. The molecule has 0 saturated carbocycles. The van der Waals surface area contributed by atoms with Gasteiger partial charge in [-0.2, -0.15) is 13.2 Å². The van der Waals surface area contributed by atoms with Crippen LogP contribution in [0, 0.1) is 0 Å². The molecule has 152 valence electrons. The van der Waals surface area contributed by atoms with Gasteiger partial charge in [0.25, 0.3) is 0 Å². The van der Waals surface area contributed by atoms with E-state index < -0.39 is 17.6 Å². The van der Waals surface area contributed by atoms with E-state index in [9.17, 15) is 18.0 Å². The van der Waals surface area contributed by atoms with E-state index in [1.54, 1.807) is 0 Å². The molecule has 10 heteroatoms. The fourth-order valence-electron chi connectivity index (χ4n) is 2.66. The number of hydrogen-bond acceptors (Lipinski definition) is 4. The van der Waals surface area contributed by atoms with Crippen molar-refractivity contribution in [2.75, 3.05) is 11.1 Å². The van der Waals surface area contributed by atoms with E-state index in [1.165, 1.54) is 12.1 Å². The average Bonchev–Trinajstić information content (AvgIpc) is 3.10. The van der Waals surface area contributed by atoms with Crippen molar-refractivity contribution in [1.29, 1.82) is 0 Å². The number of aromatic nitrogens is 3. The van der Waals surface area contributed by atoms with Gasteiger partial charge in [-0.3, -0.25) is 4.79 Å². The lowest BCUT2D eigenvalue weighted by Crippen LogP contribution is -2.18. The van der Waals surface area contributed by atoms with Crippen molar-refractivity contribution < 1.29 is 18.0 Å². The summed E-state index contributed by atoms with van der Waals surface area (Å²) in [6.07, 6.45) is -4.58. The van der Waals surface area contributed by atoms with Crippen LogP contribution in [0.1, 0.15) is 12.5 Å².